The molecule has 1 atom stereocenters. The molecule has 10 heteroatoms. The van der Waals surface area contributed by atoms with Gasteiger partial charge in [-0.2, -0.15) is 0 Å². The lowest BCUT2D eigenvalue weighted by Gasteiger charge is -2.34. The molecule has 9 nitrogen and oxygen atoms in total. The van der Waals surface area contributed by atoms with Crippen molar-refractivity contribution in [1.29, 1.82) is 0 Å². The molecule has 0 radical (unpaired) electrons. The first-order chi connectivity index (χ1) is 16.3. The van der Waals surface area contributed by atoms with E-state index in [-0.39, 0.29) is 50.5 Å². The predicted molar refractivity (Wildman–Crippen MR) is 125 cm³/mol. The highest BCUT2D eigenvalue weighted by Gasteiger charge is 2.42. The minimum absolute atomic E-state index is 0.129. The van der Waals surface area contributed by atoms with Gasteiger partial charge in [0.1, 0.15) is 12.8 Å². The van der Waals surface area contributed by atoms with Gasteiger partial charge in [-0.3, -0.25) is 19.3 Å². The van der Waals surface area contributed by atoms with Crippen LogP contribution in [0.1, 0.15) is 39.9 Å². The number of halogens is 1. The number of hydrogen-bond acceptors (Lipinski definition) is 5. The Morgan fingerprint density at radius 2 is 1.97 bits per heavy atom. The normalized spacial score (nSPS) is 17.7. The Bertz CT molecular complexity index is 1170. The molecule has 0 bridgehead atoms. The molecule has 0 aliphatic carbocycles. The van der Waals surface area contributed by atoms with Crippen LogP contribution in [0.4, 0.5) is 10.5 Å². The van der Waals surface area contributed by atoms with Crippen LogP contribution >= 0.6 is 11.6 Å². The predicted octanol–water partition coefficient (Wildman–Crippen LogP) is 3.05. The highest BCUT2D eigenvalue weighted by Crippen LogP contribution is 2.30. The van der Waals surface area contributed by atoms with Gasteiger partial charge in [0.25, 0.3) is 11.8 Å². The first kappa shape index (κ1) is 23.7. The van der Waals surface area contributed by atoms with Gasteiger partial charge >= 0.3 is 6.03 Å². The Labute approximate surface area is 202 Å². The summed E-state index contributed by atoms with van der Waals surface area (Å²) in [4.78, 5) is 52.7. The maximum atomic E-state index is 13.0. The molecule has 2 aliphatic heterocycles. The molecular weight excluding hydrogens is 460 g/mol. The number of urea groups is 1. The fraction of sp³-hybridized carbons (Fsp3) is 0.333. The van der Waals surface area contributed by atoms with E-state index in [9.17, 15) is 19.2 Å². The number of likely N-dealkylation sites (tertiary alicyclic amines) is 1. The second kappa shape index (κ2) is 9.82. The van der Waals surface area contributed by atoms with Crippen LogP contribution in [0.25, 0.3) is 0 Å². The standard InChI is InChI=1S/C24H25ClN4O5/c1-14-3-5-17(10-19(14)25)27-24(33)26-11-15-4-6-18-16(9-15)12-28(22(18)31)20-7-8-21(30)29(13-34-2)23(20)32/h3-6,9-10,20H,7-8,11-13H2,1-2H3,(H2,26,27,33). The summed E-state index contributed by atoms with van der Waals surface area (Å²) in [5.41, 5.74) is 3.61. The first-order valence-corrected chi connectivity index (χ1v) is 11.2. The zero-order valence-corrected chi connectivity index (χ0v) is 19.6. The number of nitrogens with one attached hydrogen (secondary N) is 2. The van der Waals surface area contributed by atoms with Crippen molar-refractivity contribution in [2.45, 2.75) is 38.9 Å². The number of nitrogens with zero attached hydrogens (tertiary/aromatic N) is 2. The zero-order valence-electron chi connectivity index (χ0n) is 18.9. The molecule has 2 aliphatic rings. The summed E-state index contributed by atoms with van der Waals surface area (Å²) in [5.74, 6) is -0.964. The van der Waals surface area contributed by atoms with Gasteiger partial charge in [-0.1, -0.05) is 29.8 Å². The third-order valence-electron chi connectivity index (χ3n) is 6.00. The summed E-state index contributed by atoms with van der Waals surface area (Å²) in [6, 6.07) is 9.51. The molecule has 1 fully saturated rings. The van der Waals surface area contributed by atoms with Crippen LogP contribution in [0.15, 0.2) is 36.4 Å². The number of fused-ring (bicyclic) bond motifs is 1. The molecule has 0 spiro atoms. The Balaban J connectivity index is 1.39. The number of carbonyl (C=O) groups excluding carboxylic acids is 4. The Kier molecular flexibility index (Phi) is 6.85. The molecule has 5 amide bonds. The second-order valence-electron chi connectivity index (χ2n) is 8.33. The summed E-state index contributed by atoms with van der Waals surface area (Å²) in [5, 5.41) is 6.09. The number of hydrogen-bond donors (Lipinski definition) is 2. The lowest BCUT2D eigenvalue weighted by Crippen LogP contribution is -2.55. The van der Waals surface area contributed by atoms with E-state index in [1.54, 1.807) is 24.3 Å². The number of imide groups is 1. The Hall–Kier alpha value is -3.43. The highest BCUT2D eigenvalue weighted by molar-refractivity contribution is 6.31. The van der Waals surface area contributed by atoms with E-state index >= 15 is 0 Å². The minimum Gasteiger partial charge on any atom is -0.364 e. The topological polar surface area (TPSA) is 108 Å². The van der Waals surface area contributed by atoms with Crippen molar-refractivity contribution in [2.24, 2.45) is 0 Å². The molecular formula is C24H25ClN4O5. The molecule has 1 saturated heterocycles. The van der Waals surface area contributed by atoms with Gasteiger partial charge < -0.3 is 20.3 Å². The number of benzene rings is 2. The van der Waals surface area contributed by atoms with Crippen LogP contribution in [0, 0.1) is 6.92 Å². The second-order valence-corrected chi connectivity index (χ2v) is 8.74. The van der Waals surface area contributed by atoms with E-state index in [1.807, 2.05) is 19.1 Å². The van der Waals surface area contributed by atoms with Gasteiger partial charge in [-0.05, 0) is 48.2 Å². The van der Waals surface area contributed by atoms with E-state index < -0.39 is 11.9 Å². The number of ether oxygens (including phenoxy) is 1. The summed E-state index contributed by atoms with van der Waals surface area (Å²) in [6.07, 6.45) is 0.464. The van der Waals surface area contributed by atoms with Gasteiger partial charge in [0.15, 0.2) is 0 Å². The number of aryl methyl sites for hydroxylation is 1. The van der Waals surface area contributed by atoms with Crippen LogP contribution in [-0.2, 0) is 27.4 Å². The summed E-state index contributed by atoms with van der Waals surface area (Å²) in [6.45, 7) is 2.27. The van der Waals surface area contributed by atoms with Crippen molar-refractivity contribution in [1.82, 2.24) is 15.1 Å². The Morgan fingerprint density at radius 3 is 2.71 bits per heavy atom. The molecule has 2 aromatic rings. The molecule has 34 heavy (non-hydrogen) atoms. The van der Waals surface area contributed by atoms with E-state index in [0.717, 1.165) is 21.6 Å². The van der Waals surface area contributed by atoms with Crippen molar-refractivity contribution in [2.75, 3.05) is 19.2 Å². The van der Waals surface area contributed by atoms with E-state index in [4.69, 9.17) is 16.3 Å². The minimum atomic E-state index is -0.707. The number of rotatable bonds is 6. The van der Waals surface area contributed by atoms with Crippen molar-refractivity contribution in [3.8, 4) is 0 Å². The average molecular weight is 485 g/mol. The number of piperidine rings is 1. The van der Waals surface area contributed by atoms with Crippen LogP contribution in [-0.4, -0.2) is 53.4 Å². The van der Waals surface area contributed by atoms with Crippen LogP contribution in [0.5, 0.6) is 0 Å². The van der Waals surface area contributed by atoms with E-state index in [2.05, 4.69) is 10.6 Å². The summed E-state index contributed by atoms with van der Waals surface area (Å²) >= 11 is 6.09. The maximum Gasteiger partial charge on any atom is 0.319 e. The largest absolute Gasteiger partial charge is 0.364 e. The van der Waals surface area contributed by atoms with Crippen LogP contribution < -0.4 is 10.6 Å². The SMILES string of the molecule is COCN1C(=O)CCC(N2Cc3cc(CNC(=O)Nc4ccc(C)c(Cl)c4)ccc3C2=O)C1=O. The van der Waals surface area contributed by atoms with Gasteiger partial charge in [0.05, 0.1) is 0 Å². The lowest BCUT2D eigenvalue weighted by molar-refractivity contribution is -0.157. The zero-order chi connectivity index (χ0) is 24.4. The molecule has 2 N–H and O–H groups in total. The third kappa shape index (κ3) is 4.76. The quantitative estimate of drug-likeness (QED) is 0.613. The molecule has 2 heterocycles. The molecule has 1 unspecified atom stereocenters. The number of anilines is 1. The van der Waals surface area contributed by atoms with E-state index in [1.165, 1.54) is 12.0 Å². The van der Waals surface area contributed by atoms with Gasteiger partial charge in [-0.25, -0.2) is 4.79 Å². The molecule has 2 aromatic carbocycles. The monoisotopic (exact) mass is 484 g/mol. The van der Waals surface area contributed by atoms with Crippen molar-refractivity contribution in [3.05, 3.63) is 63.7 Å². The van der Waals surface area contributed by atoms with Crippen LogP contribution in [0.3, 0.4) is 0 Å². The van der Waals surface area contributed by atoms with E-state index in [0.29, 0.717) is 16.3 Å². The van der Waals surface area contributed by atoms with Crippen molar-refractivity contribution >= 4 is 41.0 Å². The molecule has 178 valence electrons. The molecule has 4 rings (SSSR count). The highest BCUT2D eigenvalue weighted by atomic mass is 35.5. The number of methoxy groups -OCH3 is 1. The third-order valence-corrected chi connectivity index (χ3v) is 6.41. The molecule has 0 saturated carbocycles. The average Bonchev–Trinajstić information content (AvgIpc) is 3.13. The summed E-state index contributed by atoms with van der Waals surface area (Å²) in [7, 11) is 1.41. The van der Waals surface area contributed by atoms with Crippen molar-refractivity contribution < 1.29 is 23.9 Å². The fourth-order valence-electron chi connectivity index (χ4n) is 4.16. The maximum absolute atomic E-state index is 13.0. The number of amides is 5. The summed E-state index contributed by atoms with van der Waals surface area (Å²) < 4.78 is 4.97. The van der Waals surface area contributed by atoms with Gasteiger partial charge in [0, 0.05) is 42.9 Å². The first-order valence-electron chi connectivity index (χ1n) is 10.9. The molecule has 0 aromatic heterocycles. The van der Waals surface area contributed by atoms with Gasteiger partial charge in [-0.15, -0.1) is 0 Å². The smallest absolute Gasteiger partial charge is 0.319 e. The fourth-order valence-corrected chi connectivity index (χ4v) is 4.34. The van der Waals surface area contributed by atoms with Gasteiger partial charge in [0.2, 0.25) is 5.91 Å². The number of carbonyl (C=O) groups is 4. The van der Waals surface area contributed by atoms with Crippen LogP contribution in [0.2, 0.25) is 5.02 Å². The Morgan fingerprint density at radius 1 is 1.18 bits per heavy atom. The van der Waals surface area contributed by atoms with Crippen molar-refractivity contribution in [3.63, 3.8) is 0 Å². The lowest BCUT2D eigenvalue weighted by atomic mass is 10.0.